The van der Waals surface area contributed by atoms with Crippen LogP contribution >= 0.6 is 0 Å². The second kappa shape index (κ2) is 33.5. The van der Waals surface area contributed by atoms with E-state index in [1.165, 1.54) is 180 Å². The molecule has 0 aromatic heterocycles. The summed E-state index contributed by atoms with van der Waals surface area (Å²) in [6.07, 6.45) is 41.6. The molecule has 0 atom stereocenters. The first kappa shape index (κ1) is 36.5. The molecule has 0 unspecified atom stereocenters. The second-order valence-electron chi connectivity index (χ2n) is 11.9. The van der Waals surface area contributed by atoms with Crippen molar-refractivity contribution in [3.63, 3.8) is 0 Å². The molecule has 0 rings (SSSR count). The average Bonchev–Trinajstić information content (AvgIpc) is 2.90. The lowest BCUT2D eigenvalue weighted by Gasteiger charge is -2.06. The summed E-state index contributed by atoms with van der Waals surface area (Å²) >= 11 is 0. The minimum atomic E-state index is 0.0269. The highest BCUT2D eigenvalue weighted by Crippen LogP contribution is 2.15. The molecule has 0 aliphatic carbocycles. The zero-order valence-corrected chi connectivity index (χ0v) is 25.9. The van der Waals surface area contributed by atoms with Gasteiger partial charge in [-0.1, -0.05) is 194 Å². The predicted octanol–water partition coefficient (Wildman–Crippen LogP) is 12.7. The molecule has 222 valence electrons. The minimum Gasteiger partial charge on any atom is -0.466 e. The standard InChI is InChI=1S/C35H70O2/c1-3-5-7-9-11-13-15-16-17-18-19-20-21-22-23-25-27-29-31-33-35(36)37-34-32-30-28-26-24-14-12-10-8-6-4-2/h3-34H2,1-2H3. The number of carbonyl (C=O) groups is 1. The van der Waals surface area contributed by atoms with Crippen molar-refractivity contribution in [3.05, 3.63) is 0 Å². The molecule has 0 bridgehead atoms. The van der Waals surface area contributed by atoms with Crippen molar-refractivity contribution in [1.82, 2.24) is 0 Å². The number of rotatable bonds is 32. The summed E-state index contributed by atoms with van der Waals surface area (Å²) in [5, 5.41) is 0. The van der Waals surface area contributed by atoms with E-state index in [1.54, 1.807) is 0 Å². The summed E-state index contributed by atoms with van der Waals surface area (Å²) < 4.78 is 5.42. The largest absolute Gasteiger partial charge is 0.466 e. The molecule has 0 aromatic carbocycles. The first-order chi connectivity index (χ1) is 18.3. The van der Waals surface area contributed by atoms with Crippen molar-refractivity contribution >= 4 is 5.97 Å². The van der Waals surface area contributed by atoms with Crippen molar-refractivity contribution in [3.8, 4) is 0 Å². The summed E-state index contributed by atoms with van der Waals surface area (Å²) in [4.78, 5) is 11.9. The van der Waals surface area contributed by atoms with E-state index in [0.29, 0.717) is 13.0 Å². The number of unbranched alkanes of at least 4 members (excludes halogenated alkanes) is 28. The van der Waals surface area contributed by atoms with Crippen LogP contribution in [0.15, 0.2) is 0 Å². The van der Waals surface area contributed by atoms with Crippen LogP contribution in [0.2, 0.25) is 0 Å². The van der Waals surface area contributed by atoms with Gasteiger partial charge < -0.3 is 4.74 Å². The number of esters is 1. The Balaban J connectivity index is 3.13. The van der Waals surface area contributed by atoms with E-state index >= 15 is 0 Å². The SMILES string of the molecule is CCCCCCCCCCCCCCCCCCCCCC(=O)OCCCCCCCCCCCCC. The molecule has 2 heteroatoms. The Hall–Kier alpha value is -0.530. The molecule has 0 aromatic rings. The van der Waals surface area contributed by atoms with Crippen LogP contribution in [-0.4, -0.2) is 12.6 Å². The Kier molecular flexibility index (Phi) is 33.0. The van der Waals surface area contributed by atoms with Gasteiger partial charge in [-0.2, -0.15) is 0 Å². The number of carbonyl (C=O) groups excluding carboxylic acids is 1. The summed E-state index contributed by atoms with van der Waals surface area (Å²) in [7, 11) is 0. The maximum Gasteiger partial charge on any atom is 0.305 e. The van der Waals surface area contributed by atoms with Crippen LogP contribution in [0.25, 0.3) is 0 Å². The van der Waals surface area contributed by atoms with Crippen molar-refractivity contribution in [2.45, 2.75) is 213 Å². The van der Waals surface area contributed by atoms with Gasteiger partial charge in [-0.05, 0) is 12.8 Å². The first-order valence-corrected chi connectivity index (χ1v) is 17.5. The van der Waals surface area contributed by atoms with E-state index in [9.17, 15) is 4.79 Å². The van der Waals surface area contributed by atoms with Crippen molar-refractivity contribution in [2.75, 3.05) is 6.61 Å². The third-order valence-electron chi connectivity index (χ3n) is 8.00. The number of ether oxygens (including phenoxy) is 1. The van der Waals surface area contributed by atoms with Gasteiger partial charge in [0.15, 0.2) is 0 Å². The summed E-state index contributed by atoms with van der Waals surface area (Å²) in [5.41, 5.74) is 0. The number of hydrogen-bond donors (Lipinski definition) is 0. The number of hydrogen-bond acceptors (Lipinski definition) is 2. The molecule has 37 heavy (non-hydrogen) atoms. The summed E-state index contributed by atoms with van der Waals surface area (Å²) in [6, 6.07) is 0. The third kappa shape index (κ3) is 33.4. The average molecular weight is 523 g/mol. The lowest BCUT2D eigenvalue weighted by Crippen LogP contribution is -2.05. The van der Waals surface area contributed by atoms with Gasteiger partial charge in [0, 0.05) is 6.42 Å². The highest BCUT2D eigenvalue weighted by molar-refractivity contribution is 5.69. The Morgan fingerprint density at radius 3 is 0.892 bits per heavy atom. The van der Waals surface area contributed by atoms with Crippen molar-refractivity contribution in [1.29, 1.82) is 0 Å². The zero-order valence-electron chi connectivity index (χ0n) is 25.9. The van der Waals surface area contributed by atoms with Crippen LogP contribution in [-0.2, 0) is 9.53 Å². The molecule has 2 nitrogen and oxygen atoms in total. The molecule has 0 aliphatic heterocycles. The lowest BCUT2D eigenvalue weighted by molar-refractivity contribution is -0.143. The van der Waals surface area contributed by atoms with Gasteiger partial charge in [0.05, 0.1) is 6.61 Å². The summed E-state index contributed by atoms with van der Waals surface area (Å²) in [6.45, 7) is 5.21. The van der Waals surface area contributed by atoms with Crippen LogP contribution in [0.1, 0.15) is 213 Å². The fourth-order valence-corrected chi connectivity index (χ4v) is 5.37. The van der Waals surface area contributed by atoms with Gasteiger partial charge >= 0.3 is 5.97 Å². The van der Waals surface area contributed by atoms with Gasteiger partial charge in [0.2, 0.25) is 0 Å². The van der Waals surface area contributed by atoms with Crippen molar-refractivity contribution in [2.24, 2.45) is 0 Å². The van der Waals surface area contributed by atoms with Gasteiger partial charge in [0.1, 0.15) is 0 Å². The van der Waals surface area contributed by atoms with Gasteiger partial charge in [-0.3, -0.25) is 4.79 Å². The topological polar surface area (TPSA) is 26.3 Å². The molecule has 0 heterocycles. The lowest BCUT2D eigenvalue weighted by atomic mass is 10.0. The maximum atomic E-state index is 11.9. The fraction of sp³-hybridized carbons (Fsp3) is 0.971. The fourth-order valence-electron chi connectivity index (χ4n) is 5.37. The normalized spacial score (nSPS) is 11.3. The molecule has 0 radical (unpaired) electrons. The van der Waals surface area contributed by atoms with Gasteiger partial charge in [0.25, 0.3) is 0 Å². The maximum absolute atomic E-state index is 11.9. The predicted molar refractivity (Wildman–Crippen MR) is 165 cm³/mol. The smallest absolute Gasteiger partial charge is 0.305 e. The van der Waals surface area contributed by atoms with Crippen LogP contribution in [0.3, 0.4) is 0 Å². The molecule has 0 aliphatic rings. The third-order valence-corrected chi connectivity index (χ3v) is 8.00. The van der Waals surface area contributed by atoms with Crippen LogP contribution in [0.5, 0.6) is 0 Å². The van der Waals surface area contributed by atoms with Crippen LogP contribution < -0.4 is 0 Å². The molecule has 0 saturated heterocycles. The van der Waals surface area contributed by atoms with E-state index in [0.717, 1.165) is 12.8 Å². The Morgan fingerprint density at radius 1 is 0.351 bits per heavy atom. The molecule has 0 amide bonds. The van der Waals surface area contributed by atoms with E-state index in [4.69, 9.17) is 4.74 Å². The Bertz CT molecular complexity index is 419. The van der Waals surface area contributed by atoms with Crippen molar-refractivity contribution < 1.29 is 9.53 Å². The second-order valence-corrected chi connectivity index (χ2v) is 11.9. The highest BCUT2D eigenvalue weighted by Gasteiger charge is 2.03. The molecule has 0 spiro atoms. The molecule has 0 saturated carbocycles. The van der Waals surface area contributed by atoms with E-state index < -0.39 is 0 Å². The van der Waals surface area contributed by atoms with Crippen LogP contribution in [0.4, 0.5) is 0 Å². The van der Waals surface area contributed by atoms with Gasteiger partial charge in [-0.25, -0.2) is 0 Å². The monoisotopic (exact) mass is 523 g/mol. The molecule has 0 fully saturated rings. The molecular formula is C35H70O2. The van der Waals surface area contributed by atoms with E-state index in [1.807, 2.05) is 0 Å². The zero-order chi connectivity index (χ0) is 26.9. The van der Waals surface area contributed by atoms with Gasteiger partial charge in [-0.15, -0.1) is 0 Å². The first-order valence-electron chi connectivity index (χ1n) is 17.5. The molecule has 0 N–H and O–H groups in total. The minimum absolute atomic E-state index is 0.0269. The molecular weight excluding hydrogens is 452 g/mol. The summed E-state index contributed by atoms with van der Waals surface area (Å²) in [5.74, 6) is 0.0269. The van der Waals surface area contributed by atoms with E-state index in [-0.39, 0.29) is 5.97 Å². The van der Waals surface area contributed by atoms with Crippen LogP contribution in [0, 0.1) is 0 Å². The Labute approximate surface area is 234 Å². The Morgan fingerprint density at radius 2 is 0.595 bits per heavy atom. The highest BCUT2D eigenvalue weighted by atomic mass is 16.5. The quantitative estimate of drug-likeness (QED) is 0.0648. The van der Waals surface area contributed by atoms with E-state index in [2.05, 4.69) is 13.8 Å².